The van der Waals surface area contributed by atoms with Crippen LogP contribution in [0.15, 0.2) is 24.7 Å². The molecular formula is C13H21N5. The van der Waals surface area contributed by atoms with Crippen LogP contribution in [0.4, 0.5) is 0 Å². The van der Waals surface area contributed by atoms with E-state index in [0.29, 0.717) is 0 Å². The van der Waals surface area contributed by atoms with Crippen LogP contribution in [-0.4, -0.2) is 26.1 Å². The van der Waals surface area contributed by atoms with Crippen molar-refractivity contribution in [3.8, 4) is 0 Å². The van der Waals surface area contributed by atoms with Crippen LogP contribution in [0.1, 0.15) is 30.6 Å². The number of nitrogens with one attached hydrogen (secondary N) is 1. The fourth-order valence-corrected chi connectivity index (χ4v) is 2.03. The Morgan fingerprint density at radius 3 is 2.72 bits per heavy atom. The van der Waals surface area contributed by atoms with Gasteiger partial charge >= 0.3 is 0 Å². The largest absolute Gasteiger partial charge is 0.308 e. The average molecular weight is 247 g/mol. The molecule has 98 valence electrons. The minimum Gasteiger partial charge on any atom is -0.308 e. The first-order valence-electron chi connectivity index (χ1n) is 6.39. The van der Waals surface area contributed by atoms with Crippen LogP contribution in [0.2, 0.25) is 0 Å². The minimum absolute atomic E-state index is 0.260. The summed E-state index contributed by atoms with van der Waals surface area (Å²) in [4.78, 5) is 0. The highest BCUT2D eigenvalue weighted by Crippen LogP contribution is 2.16. The predicted molar refractivity (Wildman–Crippen MR) is 71.2 cm³/mol. The van der Waals surface area contributed by atoms with Crippen molar-refractivity contribution < 1.29 is 0 Å². The van der Waals surface area contributed by atoms with E-state index in [1.54, 1.807) is 0 Å². The van der Waals surface area contributed by atoms with E-state index in [1.807, 2.05) is 35.9 Å². The summed E-state index contributed by atoms with van der Waals surface area (Å²) >= 11 is 0. The van der Waals surface area contributed by atoms with Crippen molar-refractivity contribution >= 4 is 0 Å². The molecule has 18 heavy (non-hydrogen) atoms. The maximum absolute atomic E-state index is 4.49. The van der Waals surface area contributed by atoms with E-state index in [9.17, 15) is 0 Å². The second-order valence-electron chi connectivity index (χ2n) is 4.65. The molecule has 0 spiro atoms. The molecule has 2 heterocycles. The van der Waals surface area contributed by atoms with Crippen molar-refractivity contribution in [1.29, 1.82) is 0 Å². The highest BCUT2D eigenvalue weighted by Gasteiger charge is 2.14. The van der Waals surface area contributed by atoms with Gasteiger partial charge < -0.3 is 5.32 Å². The Kier molecular flexibility index (Phi) is 4.15. The first kappa shape index (κ1) is 12.8. The molecule has 0 aliphatic rings. The van der Waals surface area contributed by atoms with Gasteiger partial charge in [0, 0.05) is 26.5 Å². The van der Waals surface area contributed by atoms with Crippen molar-refractivity contribution in [2.45, 2.75) is 25.8 Å². The molecule has 2 rings (SSSR count). The fraction of sp³-hybridized carbons (Fsp3) is 0.538. The zero-order chi connectivity index (χ0) is 13.0. The second-order valence-corrected chi connectivity index (χ2v) is 4.65. The van der Waals surface area contributed by atoms with Crippen molar-refractivity contribution in [1.82, 2.24) is 24.9 Å². The van der Waals surface area contributed by atoms with Crippen LogP contribution in [0.3, 0.4) is 0 Å². The van der Waals surface area contributed by atoms with E-state index >= 15 is 0 Å². The number of hydrogen-bond donors (Lipinski definition) is 1. The molecule has 0 radical (unpaired) electrons. The van der Waals surface area contributed by atoms with Crippen LogP contribution in [0.5, 0.6) is 0 Å². The van der Waals surface area contributed by atoms with E-state index in [4.69, 9.17) is 0 Å². The molecule has 0 aliphatic carbocycles. The Bertz CT molecular complexity index is 485. The number of nitrogens with zero attached hydrogens (tertiary/aromatic N) is 4. The van der Waals surface area contributed by atoms with E-state index in [0.717, 1.165) is 25.1 Å². The Morgan fingerprint density at radius 2 is 2.17 bits per heavy atom. The Hall–Kier alpha value is -1.62. The summed E-state index contributed by atoms with van der Waals surface area (Å²) in [6, 6.07) is 2.33. The monoisotopic (exact) mass is 247 g/mol. The number of aryl methyl sites for hydroxylation is 2. The molecular weight excluding hydrogens is 226 g/mol. The second kappa shape index (κ2) is 5.82. The lowest BCUT2D eigenvalue weighted by atomic mass is 10.1. The molecule has 1 N–H and O–H groups in total. The normalized spacial score (nSPS) is 12.8. The van der Waals surface area contributed by atoms with Gasteiger partial charge in [-0.05, 0) is 31.0 Å². The lowest BCUT2D eigenvalue weighted by molar-refractivity contribution is 0.510. The molecule has 0 aromatic carbocycles. The summed E-state index contributed by atoms with van der Waals surface area (Å²) < 4.78 is 3.68. The quantitative estimate of drug-likeness (QED) is 0.840. The third kappa shape index (κ3) is 3.20. The average Bonchev–Trinajstić information content (AvgIpc) is 2.93. The molecule has 0 fully saturated rings. The molecule has 1 unspecified atom stereocenters. The number of aromatic nitrogens is 4. The third-order valence-corrected chi connectivity index (χ3v) is 2.93. The van der Waals surface area contributed by atoms with Crippen LogP contribution < -0.4 is 5.32 Å². The summed E-state index contributed by atoms with van der Waals surface area (Å²) in [5.41, 5.74) is 2.33. The van der Waals surface area contributed by atoms with Gasteiger partial charge in [-0.25, -0.2) is 0 Å². The Morgan fingerprint density at radius 1 is 1.33 bits per heavy atom. The third-order valence-electron chi connectivity index (χ3n) is 2.93. The van der Waals surface area contributed by atoms with Gasteiger partial charge in [-0.1, -0.05) is 6.92 Å². The van der Waals surface area contributed by atoms with Gasteiger partial charge in [-0.15, -0.1) is 0 Å². The Balaban J connectivity index is 2.09. The smallest absolute Gasteiger partial charge is 0.0797 e. The van der Waals surface area contributed by atoms with Crippen molar-refractivity contribution in [2.75, 3.05) is 6.54 Å². The summed E-state index contributed by atoms with van der Waals surface area (Å²) in [5.74, 6) is 0. The summed E-state index contributed by atoms with van der Waals surface area (Å²) in [5, 5.41) is 12.2. The molecule has 5 heteroatoms. The molecule has 0 aliphatic heterocycles. The van der Waals surface area contributed by atoms with Crippen LogP contribution >= 0.6 is 0 Å². The topological polar surface area (TPSA) is 47.7 Å². The first-order valence-corrected chi connectivity index (χ1v) is 6.39. The minimum atomic E-state index is 0.260. The predicted octanol–water partition coefficient (Wildman–Crippen LogP) is 1.44. The lowest BCUT2D eigenvalue weighted by Crippen LogP contribution is -2.24. The van der Waals surface area contributed by atoms with Gasteiger partial charge in [-0.3, -0.25) is 9.36 Å². The first-order chi connectivity index (χ1) is 8.69. The molecule has 5 nitrogen and oxygen atoms in total. The van der Waals surface area contributed by atoms with E-state index in [2.05, 4.69) is 34.7 Å². The molecule has 0 amide bonds. The van der Waals surface area contributed by atoms with Gasteiger partial charge in [0.25, 0.3) is 0 Å². The maximum atomic E-state index is 4.49. The molecule has 0 bridgehead atoms. The highest BCUT2D eigenvalue weighted by molar-refractivity contribution is 5.13. The standard InChI is InChI=1S/C13H21N5/c1-4-6-14-13(12-5-7-17(2)16-12)8-11-9-15-18(3)10-11/h5,7,9-10,13-14H,4,6,8H2,1-3H3. The molecule has 1 atom stereocenters. The lowest BCUT2D eigenvalue weighted by Gasteiger charge is -2.15. The van der Waals surface area contributed by atoms with Crippen LogP contribution in [0, 0.1) is 0 Å². The van der Waals surface area contributed by atoms with Gasteiger partial charge in [-0.2, -0.15) is 10.2 Å². The number of rotatable bonds is 6. The SMILES string of the molecule is CCCNC(Cc1cnn(C)c1)c1ccn(C)n1. The van der Waals surface area contributed by atoms with Gasteiger partial charge in [0.1, 0.15) is 0 Å². The molecule has 2 aromatic rings. The summed E-state index contributed by atoms with van der Waals surface area (Å²) in [6.45, 7) is 3.17. The van der Waals surface area contributed by atoms with E-state index in [1.165, 1.54) is 5.56 Å². The molecule has 0 saturated heterocycles. The molecule has 0 saturated carbocycles. The summed E-state index contributed by atoms with van der Waals surface area (Å²) in [7, 11) is 3.89. The van der Waals surface area contributed by atoms with Gasteiger partial charge in [0.15, 0.2) is 0 Å². The zero-order valence-corrected chi connectivity index (χ0v) is 11.3. The van der Waals surface area contributed by atoms with E-state index < -0.39 is 0 Å². The van der Waals surface area contributed by atoms with E-state index in [-0.39, 0.29) is 6.04 Å². The van der Waals surface area contributed by atoms with Gasteiger partial charge in [0.05, 0.1) is 17.9 Å². The van der Waals surface area contributed by atoms with Gasteiger partial charge in [0.2, 0.25) is 0 Å². The zero-order valence-electron chi connectivity index (χ0n) is 11.3. The maximum Gasteiger partial charge on any atom is 0.0797 e. The number of hydrogen-bond acceptors (Lipinski definition) is 3. The summed E-state index contributed by atoms with van der Waals surface area (Å²) in [6.07, 6.45) is 8.01. The highest BCUT2D eigenvalue weighted by atomic mass is 15.3. The Labute approximate surface area is 108 Å². The van der Waals surface area contributed by atoms with Crippen LogP contribution in [-0.2, 0) is 20.5 Å². The van der Waals surface area contributed by atoms with Crippen molar-refractivity contribution in [3.05, 3.63) is 35.9 Å². The molecule has 2 aromatic heterocycles. The van der Waals surface area contributed by atoms with Crippen molar-refractivity contribution in [2.24, 2.45) is 14.1 Å². The van der Waals surface area contributed by atoms with Crippen molar-refractivity contribution in [3.63, 3.8) is 0 Å². The fourth-order valence-electron chi connectivity index (χ4n) is 2.03. The van der Waals surface area contributed by atoms with Crippen LogP contribution in [0.25, 0.3) is 0 Å².